The van der Waals surface area contributed by atoms with E-state index in [0.29, 0.717) is 6.79 Å². The van der Waals surface area contributed by atoms with Gasteiger partial charge in [0.05, 0.1) is 12.4 Å². The molecule has 112 valence electrons. The number of rotatable bonds is 4. The highest BCUT2D eigenvalue weighted by Gasteiger charge is 2.22. The number of benzene rings is 1. The molecule has 1 aromatic heterocycles. The van der Waals surface area contributed by atoms with Crippen LogP contribution in [0.5, 0.6) is 11.5 Å². The molecule has 5 heteroatoms. The molecule has 1 atom stereocenters. The van der Waals surface area contributed by atoms with Gasteiger partial charge >= 0.3 is 0 Å². The van der Waals surface area contributed by atoms with E-state index in [-0.39, 0.29) is 5.92 Å². The summed E-state index contributed by atoms with van der Waals surface area (Å²) >= 11 is 0. The van der Waals surface area contributed by atoms with Gasteiger partial charge in [0, 0.05) is 30.8 Å². The van der Waals surface area contributed by atoms with Crippen molar-refractivity contribution in [3.05, 3.63) is 53.9 Å². The normalized spacial score (nSPS) is 17.0. The second kappa shape index (κ2) is 5.67. The number of nitrogens with zero attached hydrogens (tertiary/aromatic N) is 2. The van der Waals surface area contributed by atoms with Crippen LogP contribution in [0, 0.1) is 0 Å². The van der Waals surface area contributed by atoms with E-state index in [1.54, 1.807) is 0 Å². The van der Waals surface area contributed by atoms with Gasteiger partial charge in [-0.3, -0.25) is 9.98 Å². The number of pyridine rings is 1. The molecule has 3 heterocycles. The lowest BCUT2D eigenvalue weighted by Crippen LogP contribution is -2.21. The van der Waals surface area contributed by atoms with E-state index in [2.05, 4.69) is 33.5 Å². The van der Waals surface area contributed by atoms with Crippen molar-refractivity contribution in [1.82, 2.24) is 10.3 Å². The number of fused-ring (bicyclic) bond motifs is 1. The van der Waals surface area contributed by atoms with Gasteiger partial charge in [-0.25, -0.2) is 0 Å². The monoisotopic (exact) mass is 295 g/mol. The summed E-state index contributed by atoms with van der Waals surface area (Å²) in [5.41, 5.74) is 2.21. The third-order valence-electron chi connectivity index (χ3n) is 3.98. The zero-order valence-corrected chi connectivity index (χ0v) is 12.2. The molecule has 0 fully saturated rings. The van der Waals surface area contributed by atoms with Gasteiger partial charge in [-0.05, 0) is 29.8 Å². The minimum atomic E-state index is 0.153. The first-order valence-electron chi connectivity index (χ1n) is 7.48. The summed E-state index contributed by atoms with van der Waals surface area (Å²) in [7, 11) is 0. The Balaban J connectivity index is 1.70. The number of amidine groups is 1. The van der Waals surface area contributed by atoms with Crippen molar-refractivity contribution in [2.45, 2.75) is 12.3 Å². The summed E-state index contributed by atoms with van der Waals surface area (Å²) < 4.78 is 10.9. The number of aromatic nitrogens is 1. The largest absolute Gasteiger partial charge is 0.454 e. The Morgan fingerprint density at radius 1 is 1.14 bits per heavy atom. The summed E-state index contributed by atoms with van der Waals surface area (Å²) in [5, 5.41) is 3.35. The smallest absolute Gasteiger partial charge is 0.231 e. The van der Waals surface area contributed by atoms with Gasteiger partial charge < -0.3 is 14.8 Å². The van der Waals surface area contributed by atoms with E-state index >= 15 is 0 Å². The Bertz CT molecular complexity index is 700. The second-order valence-corrected chi connectivity index (χ2v) is 5.38. The topological polar surface area (TPSA) is 55.7 Å². The van der Waals surface area contributed by atoms with Gasteiger partial charge in [-0.15, -0.1) is 0 Å². The first-order valence-corrected chi connectivity index (χ1v) is 7.48. The van der Waals surface area contributed by atoms with Crippen LogP contribution >= 0.6 is 0 Å². The highest BCUT2D eigenvalue weighted by Crippen LogP contribution is 2.37. The number of nitrogens with one attached hydrogen (secondary N) is 1. The van der Waals surface area contributed by atoms with Crippen molar-refractivity contribution in [3.8, 4) is 11.5 Å². The van der Waals surface area contributed by atoms with Crippen molar-refractivity contribution in [3.63, 3.8) is 0 Å². The van der Waals surface area contributed by atoms with Crippen LogP contribution in [0.15, 0.2) is 47.6 Å². The molecule has 0 spiro atoms. The zero-order chi connectivity index (χ0) is 14.8. The molecule has 22 heavy (non-hydrogen) atoms. The van der Waals surface area contributed by atoms with E-state index in [1.165, 1.54) is 5.56 Å². The lowest BCUT2D eigenvalue weighted by molar-refractivity contribution is 0.174. The van der Waals surface area contributed by atoms with E-state index in [1.807, 2.05) is 24.4 Å². The molecule has 0 amide bonds. The predicted molar refractivity (Wildman–Crippen MR) is 83.6 cm³/mol. The van der Waals surface area contributed by atoms with Crippen LogP contribution in [0.2, 0.25) is 0 Å². The van der Waals surface area contributed by atoms with Crippen LogP contribution in [0.25, 0.3) is 0 Å². The average molecular weight is 295 g/mol. The molecule has 0 aliphatic carbocycles. The van der Waals surface area contributed by atoms with E-state index in [0.717, 1.165) is 42.5 Å². The van der Waals surface area contributed by atoms with Crippen LogP contribution in [0.1, 0.15) is 23.6 Å². The fourth-order valence-corrected chi connectivity index (χ4v) is 2.88. The molecule has 0 bridgehead atoms. The highest BCUT2D eigenvalue weighted by molar-refractivity contribution is 5.84. The first kappa shape index (κ1) is 13.1. The lowest BCUT2D eigenvalue weighted by atomic mass is 9.91. The SMILES string of the molecule is c1ccc(C(CC2=NCCN2)c2ccc3c(c2)OCO3)nc1. The molecule has 1 aromatic carbocycles. The van der Waals surface area contributed by atoms with Crippen molar-refractivity contribution in [1.29, 1.82) is 0 Å². The summed E-state index contributed by atoms with van der Waals surface area (Å²) in [6, 6.07) is 12.1. The Kier molecular flexibility index (Phi) is 3.39. The maximum absolute atomic E-state index is 5.51. The number of aliphatic imine (C=N–C) groups is 1. The van der Waals surface area contributed by atoms with Crippen molar-refractivity contribution >= 4 is 5.84 Å². The summed E-state index contributed by atoms with van der Waals surface area (Å²) in [6.45, 7) is 2.07. The van der Waals surface area contributed by atoms with Crippen LogP contribution < -0.4 is 14.8 Å². The van der Waals surface area contributed by atoms with Crippen molar-refractivity contribution < 1.29 is 9.47 Å². The lowest BCUT2D eigenvalue weighted by Gasteiger charge is -2.17. The first-order chi connectivity index (χ1) is 10.9. The van der Waals surface area contributed by atoms with Gasteiger partial charge in [0.15, 0.2) is 11.5 Å². The number of hydrogen-bond donors (Lipinski definition) is 1. The molecule has 2 aromatic rings. The fourth-order valence-electron chi connectivity index (χ4n) is 2.88. The molecular formula is C17H17N3O2. The molecule has 5 nitrogen and oxygen atoms in total. The molecule has 1 N–H and O–H groups in total. The summed E-state index contributed by atoms with van der Waals surface area (Å²) in [5.74, 6) is 2.81. The molecule has 4 rings (SSSR count). The molecule has 0 saturated heterocycles. The number of ether oxygens (including phenoxy) is 2. The van der Waals surface area contributed by atoms with Crippen LogP contribution in [-0.4, -0.2) is 30.7 Å². The second-order valence-electron chi connectivity index (χ2n) is 5.38. The van der Waals surface area contributed by atoms with Gasteiger partial charge in [-0.2, -0.15) is 0 Å². The molecular weight excluding hydrogens is 278 g/mol. The minimum Gasteiger partial charge on any atom is -0.454 e. The summed E-state index contributed by atoms with van der Waals surface area (Å²) in [6.07, 6.45) is 2.65. The van der Waals surface area contributed by atoms with E-state index in [4.69, 9.17) is 9.47 Å². The molecule has 0 saturated carbocycles. The Morgan fingerprint density at radius 2 is 2.09 bits per heavy atom. The zero-order valence-electron chi connectivity index (χ0n) is 12.2. The minimum absolute atomic E-state index is 0.153. The Morgan fingerprint density at radius 3 is 2.91 bits per heavy atom. The maximum atomic E-state index is 5.51. The van der Waals surface area contributed by atoms with Crippen molar-refractivity contribution in [2.75, 3.05) is 19.9 Å². The van der Waals surface area contributed by atoms with Gasteiger partial charge in [0.2, 0.25) is 6.79 Å². The number of hydrogen-bond acceptors (Lipinski definition) is 5. The maximum Gasteiger partial charge on any atom is 0.231 e. The predicted octanol–water partition coefficient (Wildman–Crippen LogP) is 2.33. The molecule has 2 aliphatic rings. The molecule has 1 unspecified atom stereocenters. The quantitative estimate of drug-likeness (QED) is 0.940. The van der Waals surface area contributed by atoms with Gasteiger partial charge in [-0.1, -0.05) is 12.1 Å². The summed E-state index contributed by atoms with van der Waals surface area (Å²) in [4.78, 5) is 9.06. The standard InChI is InChI=1S/C17H17N3O2/c1-2-6-18-14(3-1)13(10-17-19-7-8-20-17)12-4-5-15-16(9-12)22-11-21-15/h1-6,9,13H,7-8,10-11H2,(H,19,20). The highest BCUT2D eigenvalue weighted by atomic mass is 16.7. The fraction of sp³-hybridized carbons (Fsp3) is 0.294. The van der Waals surface area contributed by atoms with Crippen LogP contribution in [0.3, 0.4) is 0 Å². The third kappa shape index (κ3) is 2.50. The third-order valence-corrected chi connectivity index (χ3v) is 3.98. The molecule has 2 aliphatic heterocycles. The van der Waals surface area contributed by atoms with Crippen LogP contribution in [0.4, 0.5) is 0 Å². The average Bonchev–Trinajstić information content (AvgIpc) is 3.24. The Hall–Kier alpha value is -2.56. The van der Waals surface area contributed by atoms with E-state index < -0.39 is 0 Å². The van der Waals surface area contributed by atoms with Crippen LogP contribution in [-0.2, 0) is 0 Å². The van der Waals surface area contributed by atoms with Gasteiger partial charge in [0.25, 0.3) is 0 Å². The van der Waals surface area contributed by atoms with Crippen molar-refractivity contribution in [2.24, 2.45) is 4.99 Å². The van der Waals surface area contributed by atoms with Gasteiger partial charge in [0.1, 0.15) is 0 Å². The molecule has 0 radical (unpaired) electrons. The van der Waals surface area contributed by atoms with E-state index in [9.17, 15) is 0 Å². The Labute approximate surface area is 129 Å².